The van der Waals surface area contributed by atoms with E-state index in [-0.39, 0.29) is 6.04 Å². The van der Waals surface area contributed by atoms with E-state index in [1.165, 1.54) is 11.3 Å². The average Bonchev–Trinajstić information content (AvgIpc) is 3.48. The summed E-state index contributed by atoms with van der Waals surface area (Å²) >= 11 is 2.98. The number of methoxy groups -OCH3 is 2. The van der Waals surface area contributed by atoms with Crippen LogP contribution in [0.25, 0.3) is 31.4 Å². The monoisotopic (exact) mass is 519 g/mol. The average molecular weight is 520 g/mol. The van der Waals surface area contributed by atoms with E-state index in [2.05, 4.69) is 34.3 Å². The van der Waals surface area contributed by atoms with Crippen molar-refractivity contribution in [3.05, 3.63) is 58.0 Å². The second-order valence-electron chi connectivity index (χ2n) is 8.30. The highest BCUT2D eigenvalue weighted by Crippen LogP contribution is 2.43. The number of nitrogens with one attached hydrogen (secondary N) is 1. The van der Waals surface area contributed by atoms with Crippen molar-refractivity contribution in [2.24, 2.45) is 5.73 Å². The third kappa shape index (κ3) is 4.08. The molecule has 36 heavy (non-hydrogen) atoms. The maximum Gasteiger partial charge on any atom is 0.260 e. The van der Waals surface area contributed by atoms with Crippen molar-refractivity contribution in [1.82, 2.24) is 9.97 Å². The molecule has 1 atom stereocenters. The molecule has 5 N–H and O–H groups in total. The van der Waals surface area contributed by atoms with E-state index in [4.69, 9.17) is 20.9 Å². The van der Waals surface area contributed by atoms with Crippen LogP contribution < -0.4 is 26.3 Å². The van der Waals surface area contributed by atoms with Crippen molar-refractivity contribution in [1.29, 1.82) is 0 Å². The highest BCUT2D eigenvalue weighted by Gasteiger charge is 2.20. The van der Waals surface area contributed by atoms with Crippen LogP contribution in [0.3, 0.4) is 0 Å². The number of benzene rings is 2. The number of nitrogens with two attached hydrogens (primary N) is 2. The summed E-state index contributed by atoms with van der Waals surface area (Å²) in [6, 6.07) is 13.8. The van der Waals surface area contributed by atoms with Crippen LogP contribution in [-0.2, 0) is 0 Å². The largest absolute Gasteiger partial charge is 0.493 e. The lowest BCUT2D eigenvalue weighted by molar-refractivity contribution is 0.100. The fourth-order valence-electron chi connectivity index (χ4n) is 4.25. The summed E-state index contributed by atoms with van der Waals surface area (Å²) in [5.41, 5.74) is 14.0. The lowest BCUT2D eigenvalue weighted by Gasteiger charge is -2.16. The Bertz CT molecular complexity index is 1630. The number of amides is 1. The number of nitrogen functional groups attached to an aromatic ring is 1. The number of carbonyl (C=O) groups excluding carboxylic acids is 1. The van der Waals surface area contributed by atoms with E-state index in [0.717, 1.165) is 42.1 Å². The van der Waals surface area contributed by atoms with E-state index in [0.29, 0.717) is 27.9 Å². The van der Waals surface area contributed by atoms with Gasteiger partial charge >= 0.3 is 0 Å². The Morgan fingerprint density at radius 1 is 1.06 bits per heavy atom. The first-order chi connectivity index (χ1) is 17.3. The molecule has 5 aromatic rings. The van der Waals surface area contributed by atoms with Crippen molar-refractivity contribution < 1.29 is 14.3 Å². The number of aromatic nitrogens is 2. The molecular weight excluding hydrogens is 494 g/mol. The Hall–Kier alpha value is -3.89. The van der Waals surface area contributed by atoms with Crippen molar-refractivity contribution in [3.63, 3.8) is 0 Å². The molecule has 8 nitrogen and oxygen atoms in total. The zero-order valence-corrected chi connectivity index (χ0v) is 21.8. The quantitative estimate of drug-likeness (QED) is 0.250. The Balaban J connectivity index is 1.51. The topological polar surface area (TPSA) is 125 Å². The van der Waals surface area contributed by atoms with Gasteiger partial charge in [0, 0.05) is 36.9 Å². The number of nitrogens with zero attached hydrogens (tertiary/aromatic N) is 2. The summed E-state index contributed by atoms with van der Waals surface area (Å²) in [6.45, 7) is 3.95. The molecule has 1 amide bonds. The molecule has 0 saturated heterocycles. The zero-order valence-electron chi connectivity index (χ0n) is 20.2. The minimum absolute atomic E-state index is 0.0328. The highest BCUT2D eigenvalue weighted by atomic mass is 32.1. The minimum atomic E-state index is -0.508. The number of carbonyl (C=O) groups is 1. The Labute approximate surface area is 215 Å². The molecule has 10 heteroatoms. The molecule has 0 aliphatic carbocycles. The first kappa shape index (κ1) is 23.8. The first-order valence-electron chi connectivity index (χ1n) is 11.2. The van der Waals surface area contributed by atoms with Crippen LogP contribution in [0.5, 0.6) is 11.5 Å². The van der Waals surface area contributed by atoms with Gasteiger partial charge in [-0.2, -0.15) is 0 Å². The summed E-state index contributed by atoms with van der Waals surface area (Å²) < 4.78 is 11.9. The number of fused-ring (bicyclic) bond motifs is 2. The molecule has 1 unspecified atom stereocenters. The molecule has 3 heterocycles. The molecule has 0 fully saturated rings. The van der Waals surface area contributed by atoms with Crippen molar-refractivity contribution >= 4 is 61.1 Å². The maximum absolute atomic E-state index is 11.8. The number of hydrogen-bond donors (Lipinski definition) is 3. The molecule has 0 saturated carbocycles. The first-order valence-corrected chi connectivity index (χ1v) is 12.8. The SMILES string of the molecule is COc1cc2nc(C)nc(NC(C)c3ccc(-c4cccc5sc(C(N)=O)c(N)c45)s3)c2cc1OC. The van der Waals surface area contributed by atoms with Crippen LogP contribution in [-0.4, -0.2) is 30.1 Å². The van der Waals surface area contributed by atoms with Crippen molar-refractivity contribution in [2.75, 3.05) is 25.3 Å². The summed E-state index contributed by atoms with van der Waals surface area (Å²) in [4.78, 5) is 23.6. The van der Waals surface area contributed by atoms with Gasteiger partial charge in [-0.3, -0.25) is 4.79 Å². The number of aryl methyl sites for hydroxylation is 1. The molecule has 0 bridgehead atoms. The number of rotatable bonds is 7. The molecule has 0 aliphatic rings. The van der Waals surface area contributed by atoms with E-state index in [1.54, 1.807) is 25.6 Å². The summed E-state index contributed by atoms with van der Waals surface area (Å²) in [6.07, 6.45) is 0. The number of anilines is 2. The van der Waals surface area contributed by atoms with Gasteiger partial charge in [-0.05, 0) is 38.1 Å². The van der Waals surface area contributed by atoms with Crippen LogP contribution in [0.15, 0.2) is 42.5 Å². The Morgan fingerprint density at radius 3 is 2.53 bits per heavy atom. The van der Waals surface area contributed by atoms with Crippen LogP contribution in [0.4, 0.5) is 11.5 Å². The molecule has 3 aromatic heterocycles. The summed E-state index contributed by atoms with van der Waals surface area (Å²) in [7, 11) is 3.21. The van der Waals surface area contributed by atoms with E-state index >= 15 is 0 Å². The highest BCUT2D eigenvalue weighted by molar-refractivity contribution is 7.22. The Morgan fingerprint density at radius 2 is 1.81 bits per heavy atom. The molecule has 0 radical (unpaired) electrons. The molecule has 0 aliphatic heterocycles. The van der Waals surface area contributed by atoms with Gasteiger partial charge in [0.1, 0.15) is 16.5 Å². The summed E-state index contributed by atoms with van der Waals surface area (Å²) in [5.74, 6) is 2.10. The molecule has 2 aromatic carbocycles. The summed E-state index contributed by atoms with van der Waals surface area (Å²) in [5, 5.41) is 5.25. The zero-order chi connectivity index (χ0) is 25.6. The van der Waals surface area contributed by atoms with Gasteiger partial charge < -0.3 is 26.3 Å². The fraction of sp³-hybridized carbons (Fsp3) is 0.192. The smallest absolute Gasteiger partial charge is 0.260 e. The van der Waals surface area contributed by atoms with E-state index in [9.17, 15) is 4.79 Å². The van der Waals surface area contributed by atoms with E-state index in [1.807, 2.05) is 37.3 Å². The van der Waals surface area contributed by atoms with Crippen molar-refractivity contribution in [2.45, 2.75) is 19.9 Å². The molecular formula is C26H25N5O3S2. The third-order valence-electron chi connectivity index (χ3n) is 5.96. The second kappa shape index (κ2) is 9.29. The molecule has 5 rings (SSSR count). The fourth-order valence-corrected chi connectivity index (χ4v) is 6.29. The molecule has 184 valence electrons. The third-order valence-corrected chi connectivity index (χ3v) is 8.45. The minimum Gasteiger partial charge on any atom is -0.493 e. The van der Waals surface area contributed by atoms with Crippen LogP contribution in [0, 0.1) is 6.92 Å². The standard InChI is InChI=1S/C26H25N5O3S2/c1-12(29-26-15-10-17(33-3)18(34-4)11-16(15)30-13(2)31-26)19-8-9-20(35-19)14-6-5-7-21-22(14)23(27)24(36-21)25(28)32/h5-12H,27H2,1-4H3,(H2,28,32)(H,29,30,31). The van der Waals surface area contributed by atoms with Crippen molar-refractivity contribution in [3.8, 4) is 21.9 Å². The lowest BCUT2D eigenvalue weighted by atomic mass is 10.1. The van der Waals surface area contributed by atoms with Crippen LogP contribution in [0.2, 0.25) is 0 Å². The van der Waals surface area contributed by atoms with Gasteiger partial charge in [0.15, 0.2) is 11.5 Å². The normalized spacial score (nSPS) is 12.1. The van der Waals surface area contributed by atoms with Gasteiger partial charge in [0.25, 0.3) is 5.91 Å². The Kier molecular flexibility index (Phi) is 6.15. The number of ether oxygens (including phenoxy) is 2. The number of thiophene rings is 2. The number of primary amides is 1. The second-order valence-corrected chi connectivity index (χ2v) is 10.5. The van der Waals surface area contributed by atoms with Gasteiger partial charge in [0.05, 0.1) is 31.5 Å². The predicted molar refractivity (Wildman–Crippen MR) is 147 cm³/mol. The van der Waals surface area contributed by atoms with E-state index < -0.39 is 5.91 Å². The van der Waals surface area contributed by atoms with Crippen LogP contribution in [0.1, 0.15) is 33.3 Å². The van der Waals surface area contributed by atoms with Gasteiger partial charge in [0.2, 0.25) is 0 Å². The maximum atomic E-state index is 11.8. The van der Waals surface area contributed by atoms with Crippen LogP contribution >= 0.6 is 22.7 Å². The van der Waals surface area contributed by atoms with Gasteiger partial charge in [-0.15, -0.1) is 22.7 Å². The van der Waals surface area contributed by atoms with Gasteiger partial charge in [-0.1, -0.05) is 12.1 Å². The lowest BCUT2D eigenvalue weighted by Crippen LogP contribution is -2.10. The van der Waals surface area contributed by atoms with Gasteiger partial charge in [-0.25, -0.2) is 9.97 Å². The number of hydrogen-bond acceptors (Lipinski definition) is 9. The molecule has 0 spiro atoms. The predicted octanol–water partition coefficient (Wildman–Crippen LogP) is 5.75.